The number of ether oxygens (including phenoxy) is 1. The number of hydrogen-bond acceptors (Lipinski definition) is 3. The van der Waals surface area contributed by atoms with Gasteiger partial charge in [0.25, 0.3) is 0 Å². The van der Waals surface area contributed by atoms with Crippen LogP contribution in [-0.2, 0) is 5.75 Å². The molecule has 1 fully saturated rings. The van der Waals surface area contributed by atoms with Gasteiger partial charge in [-0.05, 0) is 79.9 Å². The fraction of sp³-hybridized carbons (Fsp3) is 0.381. The Bertz CT molecular complexity index is 780. The van der Waals surface area contributed by atoms with Crippen molar-refractivity contribution < 1.29 is 4.74 Å². The summed E-state index contributed by atoms with van der Waals surface area (Å²) in [5.41, 5.74) is 2.12. The van der Waals surface area contributed by atoms with E-state index in [9.17, 15) is 0 Å². The molecule has 1 saturated carbocycles. The van der Waals surface area contributed by atoms with E-state index in [4.69, 9.17) is 40.2 Å². The molecule has 2 N–H and O–H groups in total. The molecule has 1 aliphatic rings. The topological polar surface area (TPSA) is 33.3 Å². The molecular formula is C21H24Cl2N2OS2. The third-order valence-corrected chi connectivity index (χ3v) is 6.52. The van der Waals surface area contributed by atoms with Crippen LogP contribution in [-0.4, -0.2) is 23.5 Å². The molecule has 7 heteroatoms. The van der Waals surface area contributed by atoms with E-state index in [0.29, 0.717) is 21.3 Å². The van der Waals surface area contributed by atoms with Crippen LogP contribution in [0.2, 0.25) is 10.0 Å². The van der Waals surface area contributed by atoms with E-state index in [1.54, 1.807) is 0 Å². The van der Waals surface area contributed by atoms with E-state index in [0.717, 1.165) is 42.3 Å². The van der Waals surface area contributed by atoms with E-state index < -0.39 is 0 Å². The average molecular weight is 455 g/mol. The van der Waals surface area contributed by atoms with Gasteiger partial charge in [-0.1, -0.05) is 29.3 Å². The van der Waals surface area contributed by atoms with E-state index in [1.165, 1.54) is 18.4 Å². The van der Waals surface area contributed by atoms with Crippen LogP contribution < -0.4 is 15.4 Å². The first kappa shape index (κ1) is 21.6. The molecule has 3 nitrogen and oxygen atoms in total. The summed E-state index contributed by atoms with van der Waals surface area (Å²) in [7, 11) is 0. The van der Waals surface area contributed by atoms with Crippen LogP contribution >= 0.6 is 47.2 Å². The fourth-order valence-corrected chi connectivity index (χ4v) is 4.39. The Labute approximate surface area is 186 Å². The Morgan fingerprint density at radius 3 is 2.54 bits per heavy atom. The zero-order chi connectivity index (χ0) is 19.8. The molecule has 0 atom stereocenters. The molecule has 0 aromatic heterocycles. The number of hydrogen-bond donors (Lipinski definition) is 2. The van der Waals surface area contributed by atoms with Crippen molar-refractivity contribution in [3.63, 3.8) is 0 Å². The van der Waals surface area contributed by atoms with Crippen LogP contribution in [0.1, 0.15) is 31.2 Å². The maximum atomic E-state index is 6.04. The lowest BCUT2D eigenvalue weighted by Crippen LogP contribution is -2.30. The summed E-state index contributed by atoms with van der Waals surface area (Å²) >= 11 is 19.2. The zero-order valence-electron chi connectivity index (χ0n) is 15.5. The predicted molar refractivity (Wildman–Crippen MR) is 126 cm³/mol. The zero-order valence-corrected chi connectivity index (χ0v) is 18.7. The van der Waals surface area contributed by atoms with Crippen LogP contribution in [0, 0.1) is 0 Å². The van der Waals surface area contributed by atoms with E-state index in [2.05, 4.69) is 10.6 Å². The SMILES string of the molecule is S=C(NCCSCc1ccc(Cl)c(Cl)c1)Nc1ccc(OC2CCCC2)cc1. The van der Waals surface area contributed by atoms with Crippen LogP contribution in [0.5, 0.6) is 5.75 Å². The minimum atomic E-state index is 0.378. The van der Waals surface area contributed by atoms with Crippen molar-refractivity contribution in [3.8, 4) is 5.75 Å². The molecule has 0 aliphatic heterocycles. The molecule has 0 unspecified atom stereocenters. The molecule has 0 bridgehead atoms. The Morgan fingerprint density at radius 2 is 1.82 bits per heavy atom. The van der Waals surface area contributed by atoms with Crippen LogP contribution in [0.4, 0.5) is 5.69 Å². The molecular weight excluding hydrogens is 431 g/mol. The number of halogens is 2. The molecule has 0 heterocycles. The lowest BCUT2D eigenvalue weighted by molar-refractivity contribution is 0.210. The van der Waals surface area contributed by atoms with Crippen molar-refractivity contribution in [2.75, 3.05) is 17.6 Å². The van der Waals surface area contributed by atoms with E-state index in [1.807, 2.05) is 54.2 Å². The van der Waals surface area contributed by atoms with Crippen molar-refractivity contribution >= 4 is 58.0 Å². The highest BCUT2D eigenvalue weighted by atomic mass is 35.5. The van der Waals surface area contributed by atoms with Gasteiger partial charge in [0.15, 0.2) is 5.11 Å². The lowest BCUT2D eigenvalue weighted by Gasteiger charge is -2.14. The summed E-state index contributed by atoms with van der Waals surface area (Å²) in [6, 6.07) is 13.7. The molecule has 28 heavy (non-hydrogen) atoms. The number of nitrogens with one attached hydrogen (secondary N) is 2. The molecule has 0 spiro atoms. The number of rotatable bonds is 8. The summed E-state index contributed by atoms with van der Waals surface area (Å²) in [5.74, 6) is 2.76. The van der Waals surface area contributed by atoms with Gasteiger partial charge in [-0.25, -0.2) is 0 Å². The van der Waals surface area contributed by atoms with Gasteiger partial charge in [0.05, 0.1) is 16.1 Å². The van der Waals surface area contributed by atoms with Crippen LogP contribution in [0.15, 0.2) is 42.5 Å². The highest BCUT2D eigenvalue weighted by Crippen LogP contribution is 2.25. The first-order valence-corrected chi connectivity index (χ1v) is 11.8. The Hall–Kier alpha value is -1.14. The fourth-order valence-electron chi connectivity index (χ4n) is 3.05. The quantitative estimate of drug-likeness (QED) is 0.349. The Kier molecular flexibility index (Phi) is 8.59. The summed E-state index contributed by atoms with van der Waals surface area (Å²) in [6.07, 6.45) is 5.25. The summed E-state index contributed by atoms with van der Waals surface area (Å²) in [4.78, 5) is 0. The number of thioether (sulfide) groups is 1. The standard InChI is InChI=1S/C21H24Cl2N2OS2/c22-19-10-5-15(13-20(19)23)14-28-12-11-24-21(27)25-16-6-8-18(9-7-16)26-17-3-1-2-4-17/h5-10,13,17H,1-4,11-12,14H2,(H2,24,25,27). The van der Waals surface area contributed by atoms with Gasteiger partial charge >= 0.3 is 0 Å². The number of benzene rings is 2. The van der Waals surface area contributed by atoms with Gasteiger partial charge in [0, 0.05) is 23.7 Å². The summed E-state index contributed by atoms with van der Waals surface area (Å²) < 4.78 is 5.98. The molecule has 2 aromatic rings. The molecule has 0 amide bonds. The third kappa shape index (κ3) is 7.03. The molecule has 0 saturated heterocycles. The van der Waals surface area contributed by atoms with Crippen LogP contribution in [0.25, 0.3) is 0 Å². The maximum Gasteiger partial charge on any atom is 0.170 e. The average Bonchev–Trinajstić information content (AvgIpc) is 3.19. The summed E-state index contributed by atoms with van der Waals surface area (Å²) in [5, 5.41) is 8.25. The van der Waals surface area contributed by atoms with Gasteiger partial charge < -0.3 is 15.4 Å². The van der Waals surface area contributed by atoms with Gasteiger partial charge in [-0.2, -0.15) is 11.8 Å². The predicted octanol–water partition coefficient (Wildman–Crippen LogP) is 6.53. The molecule has 3 rings (SSSR count). The molecule has 2 aromatic carbocycles. The van der Waals surface area contributed by atoms with Gasteiger partial charge in [0.2, 0.25) is 0 Å². The molecule has 150 valence electrons. The Morgan fingerprint density at radius 1 is 1.07 bits per heavy atom. The van der Waals surface area contributed by atoms with Gasteiger partial charge in [-0.15, -0.1) is 0 Å². The van der Waals surface area contributed by atoms with E-state index >= 15 is 0 Å². The van der Waals surface area contributed by atoms with Crippen molar-refractivity contribution in [1.82, 2.24) is 5.32 Å². The number of anilines is 1. The van der Waals surface area contributed by atoms with Crippen LogP contribution in [0.3, 0.4) is 0 Å². The highest BCUT2D eigenvalue weighted by Gasteiger charge is 2.16. The molecule has 1 aliphatic carbocycles. The minimum absolute atomic E-state index is 0.378. The minimum Gasteiger partial charge on any atom is -0.490 e. The van der Waals surface area contributed by atoms with Crippen molar-refractivity contribution in [1.29, 1.82) is 0 Å². The third-order valence-electron chi connectivity index (χ3n) is 4.50. The normalized spacial score (nSPS) is 14.1. The Balaban J connectivity index is 1.32. The monoisotopic (exact) mass is 454 g/mol. The second-order valence-corrected chi connectivity index (χ2v) is 9.06. The van der Waals surface area contributed by atoms with E-state index in [-0.39, 0.29) is 0 Å². The van der Waals surface area contributed by atoms with Gasteiger partial charge in [-0.3, -0.25) is 0 Å². The largest absolute Gasteiger partial charge is 0.490 e. The smallest absolute Gasteiger partial charge is 0.170 e. The number of thiocarbonyl (C=S) groups is 1. The first-order chi connectivity index (χ1) is 13.6. The lowest BCUT2D eigenvalue weighted by atomic mass is 10.2. The van der Waals surface area contributed by atoms with Crippen molar-refractivity contribution in [2.24, 2.45) is 0 Å². The molecule has 0 radical (unpaired) electrons. The summed E-state index contributed by atoms with van der Waals surface area (Å²) in [6.45, 7) is 0.792. The maximum absolute atomic E-state index is 6.04. The first-order valence-electron chi connectivity index (χ1n) is 9.43. The van der Waals surface area contributed by atoms with Crippen molar-refractivity contribution in [2.45, 2.75) is 37.5 Å². The van der Waals surface area contributed by atoms with Gasteiger partial charge in [0.1, 0.15) is 5.75 Å². The highest BCUT2D eigenvalue weighted by molar-refractivity contribution is 7.98. The second kappa shape index (κ2) is 11.1. The van der Waals surface area contributed by atoms with Crippen molar-refractivity contribution in [3.05, 3.63) is 58.1 Å². The second-order valence-electron chi connectivity index (χ2n) is 6.73.